The van der Waals surface area contributed by atoms with E-state index in [1.54, 1.807) is 6.92 Å². The molecule has 54 valence electrons. The molecule has 1 rings (SSSR count). The highest BCUT2D eigenvalue weighted by Crippen LogP contribution is 2.31. The molecule has 2 heteroatoms. The van der Waals surface area contributed by atoms with E-state index in [2.05, 4.69) is 13.8 Å². The van der Waals surface area contributed by atoms with Crippen LogP contribution in [-0.4, -0.2) is 23.4 Å². The maximum absolute atomic E-state index is 8.99. The van der Waals surface area contributed by atoms with Gasteiger partial charge < -0.3 is 9.84 Å². The van der Waals surface area contributed by atoms with Crippen LogP contribution >= 0.6 is 0 Å². The summed E-state index contributed by atoms with van der Waals surface area (Å²) in [5, 5.41) is 8.99. The minimum absolute atomic E-state index is 0.116. The van der Waals surface area contributed by atoms with E-state index in [1.165, 1.54) is 0 Å². The zero-order valence-electron chi connectivity index (χ0n) is 6.16. The first-order valence-electron chi connectivity index (χ1n) is 3.46. The van der Waals surface area contributed by atoms with Crippen molar-refractivity contribution in [2.45, 2.75) is 39.1 Å². The Morgan fingerprint density at radius 3 is 1.89 bits per heavy atom. The third kappa shape index (κ3) is 1.43. The van der Waals surface area contributed by atoms with Gasteiger partial charge in [0.15, 0.2) is 0 Å². The number of aliphatic hydroxyl groups is 1. The second-order valence-corrected chi connectivity index (χ2v) is 3.05. The Kier molecular flexibility index (Phi) is 1.78. The normalized spacial score (nSPS) is 37.0. The Bertz CT molecular complexity index is 87.1. The molecule has 0 aromatic heterocycles. The van der Waals surface area contributed by atoms with Crippen molar-refractivity contribution in [2.75, 3.05) is 0 Å². The number of ether oxygens (including phenoxy) is 1. The molecule has 0 bridgehead atoms. The van der Waals surface area contributed by atoms with E-state index < -0.39 is 0 Å². The van der Waals surface area contributed by atoms with E-state index in [9.17, 15) is 0 Å². The Labute approximate surface area is 55.8 Å². The zero-order chi connectivity index (χ0) is 7.02. The molecule has 0 unspecified atom stereocenters. The average molecular weight is 130 g/mol. The summed E-state index contributed by atoms with van der Waals surface area (Å²) < 4.78 is 5.19. The Morgan fingerprint density at radius 1 is 1.22 bits per heavy atom. The number of epoxide rings is 1. The fourth-order valence-electron chi connectivity index (χ4n) is 1.06. The molecule has 1 heterocycles. The Hall–Kier alpha value is -0.0800. The SMILES string of the molecule is CC(C)[C@@H]1O[C@H]1[C@H](C)O. The summed E-state index contributed by atoms with van der Waals surface area (Å²) in [7, 11) is 0. The highest BCUT2D eigenvalue weighted by atomic mass is 16.6. The molecule has 2 nitrogen and oxygen atoms in total. The fourth-order valence-corrected chi connectivity index (χ4v) is 1.06. The van der Waals surface area contributed by atoms with E-state index in [0.717, 1.165) is 0 Å². The molecule has 0 aliphatic carbocycles. The van der Waals surface area contributed by atoms with Crippen molar-refractivity contribution in [3.05, 3.63) is 0 Å². The molecule has 1 saturated heterocycles. The van der Waals surface area contributed by atoms with Crippen LogP contribution in [0.3, 0.4) is 0 Å². The van der Waals surface area contributed by atoms with E-state index in [-0.39, 0.29) is 12.2 Å². The lowest BCUT2D eigenvalue weighted by Crippen LogP contribution is -2.14. The van der Waals surface area contributed by atoms with Crippen molar-refractivity contribution in [3.8, 4) is 0 Å². The molecule has 1 N–H and O–H groups in total. The van der Waals surface area contributed by atoms with Gasteiger partial charge in [-0.25, -0.2) is 0 Å². The van der Waals surface area contributed by atoms with Gasteiger partial charge in [0.05, 0.1) is 12.2 Å². The first-order valence-corrected chi connectivity index (χ1v) is 3.46. The predicted octanol–water partition coefficient (Wildman–Crippen LogP) is 0.791. The van der Waals surface area contributed by atoms with Gasteiger partial charge in [-0.1, -0.05) is 13.8 Å². The first-order chi connectivity index (χ1) is 4.13. The molecule has 0 radical (unpaired) electrons. The van der Waals surface area contributed by atoms with Crippen molar-refractivity contribution in [1.29, 1.82) is 0 Å². The van der Waals surface area contributed by atoms with E-state index >= 15 is 0 Å². The quantitative estimate of drug-likeness (QED) is 0.560. The standard InChI is InChI=1S/C7H14O2/c1-4(2)6-7(9-6)5(3)8/h4-8H,1-3H3/t5-,6-,7-/m0/s1. The summed E-state index contributed by atoms with van der Waals surface area (Å²) in [6, 6.07) is 0. The highest BCUT2D eigenvalue weighted by molar-refractivity contribution is 4.90. The number of aliphatic hydroxyl groups excluding tert-OH is 1. The third-order valence-corrected chi connectivity index (χ3v) is 1.69. The third-order valence-electron chi connectivity index (χ3n) is 1.69. The van der Waals surface area contributed by atoms with E-state index in [4.69, 9.17) is 9.84 Å². The molecule has 0 aromatic rings. The lowest BCUT2D eigenvalue weighted by molar-refractivity contribution is 0.152. The van der Waals surface area contributed by atoms with Crippen LogP contribution in [0.5, 0.6) is 0 Å². The molecule has 1 aliphatic heterocycles. The van der Waals surface area contributed by atoms with Gasteiger partial charge in [-0.2, -0.15) is 0 Å². The number of rotatable bonds is 2. The topological polar surface area (TPSA) is 32.8 Å². The van der Waals surface area contributed by atoms with Gasteiger partial charge in [-0.05, 0) is 12.8 Å². The van der Waals surface area contributed by atoms with Crippen molar-refractivity contribution >= 4 is 0 Å². The molecule has 0 spiro atoms. The highest BCUT2D eigenvalue weighted by Gasteiger charge is 2.44. The van der Waals surface area contributed by atoms with Crippen LogP contribution in [0.15, 0.2) is 0 Å². The molecule has 0 aromatic carbocycles. The Morgan fingerprint density at radius 2 is 1.78 bits per heavy atom. The van der Waals surface area contributed by atoms with E-state index in [0.29, 0.717) is 12.0 Å². The summed E-state index contributed by atoms with van der Waals surface area (Å²) in [4.78, 5) is 0. The molecular weight excluding hydrogens is 116 g/mol. The van der Waals surface area contributed by atoms with Crippen LogP contribution in [0, 0.1) is 5.92 Å². The molecule has 0 saturated carbocycles. The molecular formula is C7H14O2. The summed E-state index contributed by atoms with van der Waals surface area (Å²) in [5.41, 5.74) is 0. The maximum Gasteiger partial charge on any atom is 0.110 e. The van der Waals surface area contributed by atoms with Crippen LogP contribution in [0.2, 0.25) is 0 Å². The van der Waals surface area contributed by atoms with Crippen molar-refractivity contribution in [2.24, 2.45) is 5.92 Å². The van der Waals surface area contributed by atoms with Gasteiger partial charge in [0.2, 0.25) is 0 Å². The second-order valence-electron chi connectivity index (χ2n) is 3.05. The first kappa shape index (κ1) is 7.03. The summed E-state index contributed by atoms with van der Waals surface area (Å²) in [6.07, 6.45) is 0.132. The zero-order valence-corrected chi connectivity index (χ0v) is 6.16. The second kappa shape index (κ2) is 2.27. The van der Waals surface area contributed by atoms with Crippen LogP contribution in [0.4, 0.5) is 0 Å². The predicted molar refractivity (Wildman–Crippen MR) is 35.2 cm³/mol. The van der Waals surface area contributed by atoms with Gasteiger partial charge in [0.25, 0.3) is 0 Å². The van der Waals surface area contributed by atoms with Gasteiger partial charge in [0, 0.05) is 0 Å². The van der Waals surface area contributed by atoms with Crippen LogP contribution < -0.4 is 0 Å². The maximum atomic E-state index is 8.99. The molecule has 3 atom stereocenters. The van der Waals surface area contributed by atoms with Crippen LogP contribution in [0.1, 0.15) is 20.8 Å². The summed E-state index contributed by atoms with van der Waals surface area (Å²) in [6.45, 7) is 5.98. The lowest BCUT2D eigenvalue weighted by Gasteiger charge is -1.98. The molecule has 1 fully saturated rings. The largest absolute Gasteiger partial charge is 0.391 e. The van der Waals surface area contributed by atoms with Crippen LogP contribution in [-0.2, 0) is 4.74 Å². The summed E-state index contributed by atoms with van der Waals surface area (Å²) in [5.74, 6) is 0.546. The average Bonchev–Trinajstić information content (AvgIpc) is 2.39. The fraction of sp³-hybridized carbons (Fsp3) is 1.00. The molecule has 9 heavy (non-hydrogen) atoms. The Balaban J connectivity index is 2.24. The summed E-state index contributed by atoms with van der Waals surface area (Å²) >= 11 is 0. The van der Waals surface area contributed by atoms with Crippen molar-refractivity contribution in [3.63, 3.8) is 0 Å². The minimum Gasteiger partial charge on any atom is -0.391 e. The number of hydrogen-bond acceptors (Lipinski definition) is 2. The molecule has 1 aliphatic rings. The molecule has 0 amide bonds. The van der Waals surface area contributed by atoms with Crippen LogP contribution in [0.25, 0.3) is 0 Å². The minimum atomic E-state index is -0.294. The number of hydrogen-bond donors (Lipinski definition) is 1. The lowest BCUT2D eigenvalue weighted by atomic mass is 10.1. The van der Waals surface area contributed by atoms with E-state index in [1.807, 2.05) is 0 Å². The van der Waals surface area contributed by atoms with Gasteiger partial charge in [-0.15, -0.1) is 0 Å². The smallest absolute Gasteiger partial charge is 0.110 e. The van der Waals surface area contributed by atoms with Gasteiger partial charge in [0.1, 0.15) is 6.10 Å². The van der Waals surface area contributed by atoms with Crippen molar-refractivity contribution < 1.29 is 9.84 Å². The monoisotopic (exact) mass is 130 g/mol. The van der Waals surface area contributed by atoms with Gasteiger partial charge >= 0.3 is 0 Å². The van der Waals surface area contributed by atoms with Gasteiger partial charge in [-0.3, -0.25) is 0 Å². The van der Waals surface area contributed by atoms with Crippen molar-refractivity contribution in [1.82, 2.24) is 0 Å².